The van der Waals surface area contributed by atoms with E-state index in [0.717, 1.165) is 0 Å². The van der Waals surface area contributed by atoms with Gasteiger partial charge in [0.2, 0.25) is 0 Å². The minimum Gasteiger partial charge on any atom is -0.0988 e. The van der Waals surface area contributed by atoms with Crippen molar-refractivity contribution in [3.63, 3.8) is 0 Å². The zero-order valence-corrected chi connectivity index (χ0v) is 18.0. The number of allylic oxidation sites excluding steroid dienone is 3. The number of unbranched alkanes of at least 4 members (excludes halogenated alkanes) is 1. The molecular weight excluding hydrogens is 324 g/mol. The summed E-state index contributed by atoms with van der Waals surface area (Å²) < 4.78 is 0. The van der Waals surface area contributed by atoms with Crippen molar-refractivity contribution in [1.82, 2.24) is 0 Å². The molecule has 0 aromatic heterocycles. The SMILES string of the molecule is C.C=C/C(=C\C)C(C)(C)C.CCCC.Cc1cccc(-c2ccccc2)c1. The van der Waals surface area contributed by atoms with E-state index in [0.29, 0.717) is 0 Å². The van der Waals surface area contributed by atoms with Gasteiger partial charge in [-0.3, -0.25) is 0 Å². The van der Waals surface area contributed by atoms with Crippen molar-refractivity contribution in [2.24, 2.45) is 5.41 Å². The number of hydrogen-bond donors (Lipinski definition) is 0. The van der Waals surface area contributed by atoms with Crippen molar-refractivity contribution in [3.8, 4) is 11.1 Å². The minimum atomic E-state index is 0. The number of hydrogen-bond acceptors (Lipinski definition) is 0. The third-order valence-electron chi connectivity index (χ3n) is 4.02. The van der Waals surface area contributed by atoms with Crippen molar-refractivity contribution < 1.29 is 0 Å². The fourth-order valence-electron chi connectivity index (χ4n) is 2.31. The maximum Gasteiger partial charge on any atom is -0.0135 e. The lowest BCUT2D eigenvalue weighted by Gasteiger charge is -2.19. The molecule has 0 bridgehead atoms. The Morgan fingerprint density at radius 3 is 1.74 bits per heavy atom. The van der Waals surface area contributed by atoms with E-state index >= 15 is 0 Å². The standard InChI is InChI=1S/C13H12.C9H16.C4H10.CH4/c1-11-6-5-9-13(10-11)12-7-3-2-4-8-12;1-6-8(7-2)9(3,4)5;1-3-4-2;/h2-10H,1H3;6-7H,1H2,2-5H3;3-4H2,1-2H3;1H4/b;8-7+;;. The van der Waals surface area contributed by atoms with Crippen molar-refractivity contribution in [3.05, 3.63) is 84.5 Å². The highest BCUT2D eigenvalue weighted by Gasteiger charge is 2.11. The van der Waals surface area contributed by atoms with Crippen LogP contribution in [0.25, 0.3) is 11.1 Å². The highest BCUT2D eigenvalue weighted by Crippen LogP contribution is 2.25. The molecule has 0 atom stereocenters. The average Bonchev–Trinajstić information content (AvgIpc) is 2.63. The van der Waals surface area contributed by atoms with E-state index in [-0.39, 0.29) is 12.8 Å². The van der Waals surface area contributed by atoms with Gasteiger partial charge in [0.25, 0.3) is 0 Å². The van der Waals surface area contributed by atoms with Crippen LogP contribution < -0.4 is 0 Å². The van der Waals surface area contributed by atoms with Gasteiger partial charge in [0.1, 0.15) is 0 Å². The molecule has 2 aromatic rings. The van der Waals surface area contributed by atoms with Crippen molar-refractivity contribution in [1.29, 1.82) is 0 Å². The van der Waals surface area contributed by atoms with Gasteiger partial charge in [0, 0.05) is 0 Å². The van der Waals surface area contributed by atoms with Crippen molar-refractivity contribution in [2.75, 3.05) is 0 Å². The van der Waals surface area contributed by atoms with Crippen LogP contribution in [-0.4, -0.2) is 0 Å². The molecule has 0 spiro atoms. The molecule has 2 rings (SSSR count). The summed E-state index contributed by atoms with van der Waals surface area (Å²) in [5.74, 6) is 0. The second-order valence-corrected chi connectivity index (χ2v) is 7.43. The molecular formula is C27H42. The molecule has 27 heavy (non-hydrogen) atoms. The van der Waals surface area contributed by atoms with E-state index in [9.17, 15) is 0 Å². The van der Waals surface area contributed by atoms with E-state index in [1.807, 2.05) is 19.1 Å². The minimum absolute atomic E-state index is 0. The molecule has 0 N–H and O–H groups in total. The number of benzene rings is 2. The maximum atomic E-state index is 3.73. The van der Waals surface area contributed by atoms with Crippen LogP contribution in [0.1, 0.15) is 67.4 Å². The van der Waals surface area contributed by atoms with E-state index in [1.54, 1.807) is 0 Å². The van der Waals surface area contributed by atoms with Gasteiger partial charge in [-0.2, -0.15) is 0 Å². The molecule has 0 fully saturated rings. The molecule has 0 unspecified atom stereocenters. The molecule has 0 saturated carbocycles. The molecule has 150 valence electrons. The Morgan fingerprint density at radius 2 is 1.41 bits per heavy atom. The first-order valence-corrected chi connectivity index (χ1v) is 9.71. The van der Waals surface area contributed by atoms with Gasteiger partial charge in [-0.15, -0.1) is 0 Å². The van der Waals surface area contributed by atoms with Gasteiger partial charge in [-0.05, 0) is 36.0 Å². The fraction of sp³-hybridized carbons (Fsp3) is 0.407. The Balaban J connectivity index is 0. The van der Waals surface area contributed by atoms with E-state index < -0.39 is 0 Å². The van der Waals surface area contributed by atoms with Crippen LogP contribution in [0.15, 0.2) is 78.9 Å². The van der Waals surface area contributed by atoms with E-state index in [2.05, 4.69) is 103 Å². The van der Waals surface area contributed by atoms with Crippen LogP contribution in [0.2, 0.25) is 0 Å². The lowest BCUT2D eigenvalue weighted by atomic mass is 9.86. The Hall–Kier alpha value is -2.08. The quantitative estimate of drug-likeness (QED) is 0.475. The van der Waals surface area contributed by atoms with Gasteiger partial charge in [0.05, 0.1) is 0 Å². The summed E-state index contributed by atoms with van der Waals surface area (Å²) in [6.45, 7) is 18.8. The van der Waals surface area contributed by atoms with Crippen LogP contribution >= 0.6 is 0 Å². The third-order valence-corrected chi connectivity index (χ3v) is 4.02. The summed E-state index contributed by atoms with van der Waals surface area (Å²) in [7, 11) is 0. The number of aryl methyl sites for hydroxylation is 1. The average molecular weight is 367 g/mol. The zero-order valence-electron chi connectivity index (χ0n) is 18.0. The molecule has 0 heterocycles. The van der Waals surface area contributed by atoms with Crippen LogP contribution in [0.4, 0.5) is 0 Å². The molecule has 0 saturated heterocycles. The molecule has 0 aliphatic rings. The van der Waals surface area contributed by atoms with Gasteiger partial charge >= 0.3 is 0 Å². The highest BCUT2D eigenvalue weighted by atomic mass is 14.2. The molecule has 2 aromatic carbocycles. The first-order valence-electron chi connectivity index (χ1n) is 9.71. The summed E-state index contributed by atoms with van der Waals surface area (Å²) in [5, 5.41) is 0. The summed E-state index contributed by atoms with van der Waals surface area (Å²) in [5.41, 5.74) is 5.45. The zero-order chi connectivity index (χ0) is 20.0. The molecule has 0 aliphatic heterocycles. The van der Waals surface area contributed by atoms with Crippen molar-refractivity contribution in [2.45, 2.75) is 68.7 Å². The predicted octanol–water partition coefficient (Wildman–Crippen LogP) is 9.27. The smallest absolute Gasteiger partial charge is 0.0135 e. The predicted molar refractivity (Wildman–Crippen MR) is 127 cm³/mol. The Bertz CT molecular complexity index is 637. The first-order chi connectivity index (χ1) is 12.3. The van der Waals surface area contributed by atoms with Crippen LogP contribution in [0.5, 0.6) is 0 Å². The Morgan fingerprint density at radius 1 is 0.889 bits per heavy atom. The lowest BCUT2D eigenvalue weighted by molar-refractivity contribution is 0.516. The summed E-state index contributed by atoms with van der Waals surface area (Å²) in [4.78, 5) is 0. The second kappa shape index (κ2) is 15.0. The normalized spacial score (nSPS) is 10.4. The number of rotatable bonds is 3. The fourth-order valence-corrected chi connectivity index (χ4v) is 2.31. The lowest BCUT2D eigenvalue weighted by Crippen LogP contribution is -2.06. The maximum absolute atomic E-state index is 3.73. The Kier molecular flexibility index (Phi) is 15.1. The molecule has 0 radical (unpaired) electrons. The second-order valence-electron chi connectivity index (χ2n) is 7.43. The van der Waals surface area contributed by atoms with E-state index in [4.69, 9.17) is 0 Å². The summed E-state index contributed by atoms with van der Waals surface area (Å²) in [6, 6.07) is 19.0. The molecule has 0 nitrogen and oxygen atoms in total. The summed E-state index contributed by atoms with van der Waals surface area (Å²) >= 11 is 0. The van der Waals surface area contributed by atoms with Crippen LogP contribution in [0.3, 0.4) is 0 Å². The largest absolute Gasteiger partial charge is 0.0988 e. The third kappa shape index (κ3) is 12.0. The monoisotopic (exact) mass is 366 g/mol. The molecule has 0 heteroatoms. The molecule has 0 aliphatic carbocycles. The summed E-state index contributed by atoms with van der Waals surface area (Å²) in [6.07, 6.45) is 6.66. The molecule has 0 amide bonds. The highest BCUT2D eigenvalue weighted by molar-refractivity contribution is 5.63. The van der Waals surface area contributed by atoms with Crippen molar-refractivity contribution >= 4 is 0 Å². The van der Waals surface area contributed by atoms with Gasteiger partial charge in [-0.1, -0.05) is 134 Å². The first kappa shape index (κ1) is 27.1. The van der Waals surface area contributed by atoms with Gasteiger partial charge in [-0.25, -0.2) is 0 Å². The van der Waals surface area contributed by atoms with Crippen LogP contribution in [-0.2, 0) is 0 Å². The van der Waals surface area contributed by atoms with Gasteiger partial charge in [0.15, 0.2) is 0 Å². The van der Waals surface area contributed by atoms with Gasteiger partial charge < -0.3 is 0 Å². The van der Waals surface area contributed by atoms with Crippen LogP contribution in [0, 0.1) is 12.3 Å². The van der Waals surface area contributed by atoms with E-state index in [1.165, 1.54) is 35.1 Å². The Labute approximate surface area is 170 Å². The topological polar surface area (TPSA) is 0 Å².